The number of hydrogen-bond donors (Lipinski definition) is 1. The van der Waals surface area contributed by atoms with Crippen molar-refractivity contribution in [1.29, 1.82) is 0 Å². The van der Waals surface area contributed by atoms with Crippen LogP contribution in [0.5, 0.6) is 5.75 Å². The molecule has 22 heavy (non-hydrogen) atoms. The van der Waals surface area contributed by atoms with Crippen molar-refractivity contribution in [2.75, 3.05) is 20.2 Å². The minimum Gasteiger partial charge on any atom is -0.497 e. The molecule has 1 aliphatic rings. The van der Waals surface area contributed by atoms with Crippen LogP contribution in [-0.4, -0.2) is 36.7 Å². The van der Waals surface area contributed by atoms with Crippen LogP contribution in [-0.2, 0) is 0 Å². The van der Waals surface area contributed by atoms with Gasteiger partial charge in [-0.1, -0.05) is 18.6 Å². The zero-order chi connectivity index (χ0) is 16.2. The van der Waals surface area contributed by atoms with Gasteiger partial charge >= 0.3 is 6.03 Å². The minimum atomic E-state index is -0.195. The largest absolute Gasteiger partial charge is 0.497 e. The van der Waals surface area contributed by atoms with Gasteiger partial charge in [0, 0.05) is 24.5 Å². The van der Waals surface area contributed by atoms with Crippen LogP contribution in [0.1, 0.15) is 51.5 Å². The van der Waals surface area contributed by atoms with Gasteiger partial charge in [-0.25, -0.2) is 4.79 Å². The maximum Gasteiger partial charge on any atom is 0.317 e. The van der Waals surface area contributed by atoms with E-state index in [1.54, 1.807) is 7.11 Å². The fraction of sp³-hybridized carbons (Fsp3) is 0.611. The normalized spacial score (nSPS) is 19.5. The number of carbonyl (C=O) groups excluding carboxylic acids is 1. The second-order valence-corrected chi connectivity index (χ2v) is 7.09. The summed E-state index contributed by atoms with van der Waals surface area (Å²) in [5.74, 6) is 1.28. The molecule has 1 atom stereocenters. The number of rotatable bonds is 2. The highest BCUT2D eigenvalue weighted by Gasteiger charge is 2.25. The lowest BCUT2D eigenvalue weighted by Crippen LogP contribution is -2.49. The van der Waals surface area contributed by atoms with Crippen LogP contribution in [0.2, 0.25) is 0 Å². The van der Waals surface area contributed by atoms with Crippen LogP contribution >= 0.6 is 0 Å². The predicted molar refractivity (Wildman–Crippen MR) is 89.4 cm³/mol. The number of methoxy groups -OCH3 is 1. The first-order valence-electron chi connectivity index (χ1n) is 8.10. The van der Waals surface area contributed by atoms with E-state index in [0.717, 1.165) is 38.1 Å². The summed E-state index contributed by atoms with van der Waals surface area (Å²) >= 11 is 0. The zero-order valence-corrected chi connectivity index (χ0v) is 14.2. The molecule has 1 heterocycles. The third kappa shape index (κ3) is 4.65. The summed E-state index contributed by atoms with van der Waals surface area (Å²) in [5, 5.41) is 3.07. The lowest BCUT2D eigenvalue weighted by atomic mass is 9.94. The molecule has 0 spiro atoms. The summed E-state index contributed by atoms with van der Waals surface area (Å²) < 4.78 is 5.22. The van der Waals surface area contributed by atoms with Gasteiger partial charge in [-0.2, -0.15) is 0 Å². The van der Waals surface area contributed by atoms with Gasteiger partial charge in [0.15, 0.2) is 0 Å². The molecule has 1 aromatic rings. The number of benzene rings is 1. The van der Waals surface area contributed by atoms with Gasteiger partial charge in [0.2, 0.25) is 0 Å². The van der Waals surface area contributed by atoms with Crippen molar-refractivity contribution in [3.8, 4) is 5.75 Å². The van der Waals surface area contributed by atoms with Crippen LogP contribution in [0.15, 0.2) is 24.3 Å². The second-order valence-electron chi connectivity index (χ2n) is 7.09. The van der Waals surface area contributed by atoms with E-state index < -0.39 is 0 Å². The molecule has 4 heteroatoms. The summed E-state index contributed by atoms with van der Waals surface area (Å²) in [4.78, 5) is 14.4. The molecule has 1 unspecified atom stereocenters. The Morgan fingerprint density at radius 3 is 2.50 bits per heavy atom. The van der Waals surface area contributed by atoms with Crippen molar-refractivity contribution in [3.05, 3.63) is 29.8 Å². The Labute approximate surface area is 133 Å². The van der Waals surface area contributed by atoms with E-state index >= 15 is 0 Å². The molecule has 2 amide bonds. The van der Waals surface area contributed by atoms with Crippen LogP contribution in [0.3, 0.4) is 0 Å². The summed E-state index contributed by atoms with van der Waals surface area (Å²) in [7, 11) is 1.68. The maximum atomic E-state index is 12.4. The van der Waals surface area contributed by atoms with Gasteiger partial charge in [0.1, 0.15) is 5.75 Å². The first-order valence-corrected chi connectivity index (χ1v) is 8.10. The highest BCUT2D eigenvalue weighted by atomic mass is 16.5. The van der Waals surface area contributed by atoms with Crippen LogP contribution < -0.4 is 10.1 Å². The number of carbonyl (C=O) groups is 1. The van der Waals surface area contributed by atoms with Crippen molar-refractivity contribution in [2.45, 2.75) is 51.5 Å². The Bertz CT molecular complexity index is 491. The van der Waals surface area contributed by atoms with Crippen LogP contribution in [0.4, 0.5) is 4.79 Å². The molecule has 122 valence electrons. The van der Waals surface area contributed by atoms with Crippen LogP contribution in [0, 0.1) is 0 Å². The van der Waals surface area contributed by atoms with E-state index in [-0.39, 0.29) is 11.6 Å². The topological polar surface area (TPSA) is 41.6 Å². The van der Waals surface area contributed by atoms with E-state index in [1.165, 1.54) is 5.56 Å². The molecule has 4 nitrogen and oxygen atoms in total. The van der Waals surface area contributed by atoms with Crippen molar-refractivity contribution in [3.63, 3.8) is 0 Å². The minimum absolute atomic E-state index is 0.0490. The molecule has 1 aliphatic heterocycles. The Kier molecular flexibility index (Phi) is 5.33. The number of ether oxygens (including phenoxy) is 1. The number of amides is 2. The molecule has 1 fully saturated rings. The maximum absolute atomic E-state index is 12.4. The SMILES string of the molecule is COc1ccc(C2CCCCN(C(=O)NC(C)(C)C)C2)cc1. The van der Waals surface area contributed by atoms with Gasteiger partial charge in [-0.05, 0) is 51.3 Å². The molecule has 1 N–H and O–H groups in total. The molecular formula is C18H28N2O2. The molecule has 1 aromatic carbocycles. The third-order valence-corrected chi connectivity index (χ3v) is 4.03. The number of urea groups is 1. The molecule has 1 saturated heterocycles. The Hall–Kier alpha value is -1.71. The molecule has 0 radical (unpaired) electrons. The van der Waals surface area contributed by atoms with Gasteiger partial charge in [-0.3, -0.25) is 0 Å². The smallest absolute Gasteiger partial charge is 0.317 e. The molecular weight excluding hydrogens is 276 g/mol. The molecule has 0 bridgehead atoms. The average molecular weight is 304 g/mol. The van der Waals surface area contributed by atoms with Gasteiger partial charge in [0.25, 0.3) is 0 Å². The van der Waals surface area contributed by atoms with E-state index in [0.29, 0.717) is 5.92 Å². The average Bonchev–Trinajstić information content (AvgIpc) is 2.71. The summed E-state index contributed by atoms with van der Waals surface area (Å²) in [6.45, 7) is 7.68. The van der Waals surface area contributed by atoms with Crippen molar-refractivity contribution >= 4 is 6.03 Å². The van der Waals surface area contributed by atoms with Gasteiger partial charge < -0.3 is 15.0 Å². The number of hydrogen-bond acceptors (Lipinski definition) is 2. The van der Waals surface area contributed by atoms with Gasteiger partial charge in [-0.15, -0.1) is 0 Å². The summed E-state index contributed by atoms with van der Waals surface area (Å²) in [6.07, 6.45) is 3.37. The molecule has 0 saturated carbocycles. The lowest BCUT2D eigenvalue weighted by molar-refractivity contribution is 0.188. The van der Waals surface area contributed by atoms with Crippen LogP contribution in [0.25, 0.3) is 0 Å². The Balaban J connectivity index is 2.07. The molecule has 0 aliphatic carbocycles. The highest BCUT2D eigenvalue weighted by molar-refractivity contribution is 5.75. The Morgan fingerprint density at radius 2 is 1.91 bits per heavy atom. The van der Waals surface area contributed by atoms with Crippen molar-refractivity contribution in [2.24, 2.45) is 0 Å². The zero-order valence-electron chi connectivity index (χ0n) is 14.2. The van der Waals surface area contributed by atoms with E-state index in [1.807, 2.05) is 37.8 Å². The predicted octanol–water partition coefficient (Wildman–Crippen LogP) is 3.77. The van der Waals surface area contributed by atoms with E-state index in [4.69, 9.17) is 4.74 Å². The lowest BCUT2D eigenvalue weighted by Gasteiger charge is -2.29. The highest BCUT2D eigenvalue weighted by Crippen LogP contribution is 2.28. The fourth-order valence-corrected chi connectivity index (χ4v) is 2.87. The first-order chi connectivity index (χ1) is 10.4. The first kappa shape index (κ1) is 16.7. The fourth-order valence-electron chi connectivity index (χ4n) is 2.87. The van der Waals surface area contributed by atoms with Crippen molar-refractivity contribution in [1.82, 2.24) is 10.2 Å². The van der Waals surface area contributed by atoms with E-state index in [9.17, 15) is 4.79 Å². The number of likely N-dealkylation sites (tertiary alicyclic amines) is 1. The monoisotopic (exact) mass is 304 g/mol. The molecule has 2 rings (SSSR count). The van der Waals surface area contributed by atoms with E-state index in [2.05, 4.69) is 17.4 Å². The third-order valence-electron chi connectivity index (χ3n) is 4.03. The van der Waals surface area contributed by atoms with Crippen molar-refractivity contribution < 1.29 is 9.53 Å². The quantitative estimate of drug-likeness (QED) is 0.903. The van der Waals surface area contributed by atoms with Gasteiger partial charge in [0.05, 0.1) is 7.11 Å². The number of nitrogens with zero attached hydrogens (tertiary/aromatic N) is 1. The summed E-state index contributed by atoms with van der Waals surface area (Å²) in [6, 6.07) is 8.29. The second kappa shape index (κ2) is 7.03. The molecule has 0 aromatic heterocycles. The number of nitrogens with one attached hydrogen (secondary N) is 1. The summed E-state index contributed by atoms with van der Waals surface area (Å²) in [5.41, 5.74) is 1.09. The standard InChI is InChI=1S/C18H28N2O2/c1-18(2,3)19-17(21)20-12-6-5-7-15(13-20)14-8-10-16(22-4)11-9-14/h8-11,15H,5-7,12-13H2,1-4H3,(H,19,21). The Morgan fingerprint density at radius 1 is 1.23 bits per heavy atom.